The summed E-state index contributed by atoms with van der Waals surface area (Å²) in [4.78, 5) is 26.4. The molecule has 2 aromatic carbocycles. The predicted molar refractivity (Wildman–Crippen MR) is 106 cm³/mol. The fourth-order valence-corrected chi connectivity index (χ4v) is 2.58. The van der Waals surface area contributed by atoms with Crippen molar-refractivity contribution in [1.82, 2.24) is 15.5 Å². The maximum atomic E-state index is 12.3. The molecule has 0 aliphatic carbocycles. The molecule has 6 nitrogen and oxygen atoms in total. The van der Waals surface area contributed by atoms with Gasteiger partial charge >= 0.3 is 0 Å². The molecule has 0 fully saturated rings. The zero-order valence-electron chi connectivity index (χ0n) is 16.1. The molecule has 0 radical (unpaired) electrons. The van der Waals surface area contributed by atoms with E-state index in [1.54, 1.807) is 24.3 Å². The van der Waals surface area contributed by atoms with Gasteiger partial charge in [-0.3, -0.25) is 9.59 Å². The van der Waals surface area contributed by atoms with E-state index in [0.717, 1.165) is 12.1 Å². The smallest absolute Gasteiger partial charge is 0.255 e. The highest BCUT2D eigenvalue weighted by atomic mass is 16.5. The van der Waals surface area contributed by atoms with Crippen LogP contribution in [0.25, 0.3) is 0 Å². The number of benzene rings is 2. The van der Waals surface area contributed by atoms with Crippen molar-refractivity contribution in [2.24, 2.45) is 0 Å². The highest BCUT2D eigenvalue weighted by molar-refractivity contribution is 5.98. The normalized spacial score (nSPS) is 10.5. The number of amides is 2. The lowest BCUT2D eigenvalue weighted by atomic mass is 10.1. The number of nitrogens with one attached hydrogen (secondary N) is 2. The van der Waals surface area contributed by atoms with Gasteiger partial charge in [-0.1, -0.05) is 36.4 Å². The van der Waals surface area contributed by atoms with Crippen molar-refractivity contribution in [3.8, 4) is 5.75 Å². The summed E-state index contributed by atoms with van der Waals surface area (Å²) >= 11 is 0. The number of nitrogens with zero attached hydrogens (tertiary/aromatic N) is 1. The van der Waals surface area contributed by atoms with Crippen LogP contribution in [0.2, 0.25) is 0 Å². The minimum Gasteiger partial charge on any atom is -0.493 e. The van der Waals surface area contributed by atoms with E-state index in [4.69, 9.17) is 4.74 Å². The number of para-hydroxylation sites is 1. The van der Waals surface area contributed by atoms with Crippen LogP contribution in [-0.4, -0.2) is 44.0 Å². The van der Waals surface area contributed by atoms with Crippen LogP contribution in [0.5, 0.6) is 5.75 Å². The zero-order valence-corrected chi connectivity index (χ0v) is 16.1. The molecule has 0 spiro atoms. The summed E-state index contributed by atoms with van der Waals surface area (Å²) in [5, 5.41) is 5.44. The Morgan fingerprint density at radius 1 is 0.963 bits per heavy atom. The minimum absolute atomic E-state index is 0.0853. The average molecular weight is 369 g/mol. The molecule has 0 saturated heterocycles. The summed E-state index contributed by atoms with van der Waals surface area (Å²) in [7, 11) is 4.05. The summed E-state index contributed by atoms with van der Waals surface area (Å²) in [6.45, 7) is 3.54. The summed E-state index contributed by atoms with van der Waals surface area (Å²) in [5.41, 5.74) is 2.65. The lowest BCUT2D eigenvalue weighted by molar-refractivity contribution is -0.120. The highest BCUT2D eigenvalue weighted by Crippen LogP contribution is 2.17. The largest absolute Gasteiger partial charge is 0.493 e. The van der Waals surface area contributed by atoms with Gasteiger partial charge < -0.3 is 20.3 Å². The van der Waals surface area contributed by atoms with Gasteiger partial charge in [-0.25, -0.2) is 0 Å². The molecule has 2 amide bonds. The number of carbonyl (C=O) groups is 2. The van der Waals surface area contributed by atoms with E-state index in [1.807, 2.05) is 45.3 Å². The topological polar surface area (TPSA) is 70.7 Å². The van der Waals surface area contributed by atoms with E-state index in [9.17, 15) is 9.59 Å². The van der Waals surface area contributed by atoms with Gasteiger partial charge in [-0.05, 0) is 44.3 Å². The molecule has 27 heavy (non-hydrogen) atoms. The van der Waals surface area contributed by atoms with Crippen molar-refractivity contribution in [3.05, 3.63) is 65.2 Å². The van der Waals surface area contributed by atoms with Crippen LogP contribution in [0, 0.1) is 0 Å². The first-order chi connectivity index (χ1) is 13.0. The first-order valence-electron chi connectivity index (χ1n) is 8.99. The van der Waals surface area contributed by atoms with E-state index < -0.39 is 0 Å². The first-order valence-corrected chi connectivity index (χ1v) is 8.99. The van der Waals surface area contributed by atoms with E-state index in [1.165, 1.54) is 5.56 Å². The Balaban J connectivity index is 1.80. The van der Waals surface area contributed by atoms with Crippen molar-refractivity contribution in [2.45, 2.75) is 20.0 Å². The molecule has 2 N–H and O–H groups in total. The third-order valence-electron chi connectivity index (χ3n) is 3.85. The van der Waals surface area contributed by atoms with Crippen molar-refractivity contribution >= 4 is 11.8 Å². The monoisotopic (exact) mass is 369 g/mol. The third-order valence-corrected chi connectivity index (χ3v) is 3.85. The first kappa shape index (κ1) is 20.5. The molecule has 0 bridgehead atoms. The lowest BCUT2D eigenvalue weighted by Crippen LogP contribution is -2.36. The molecule has 0 aliphatic heterocycles. The van der Waals surface area contributed by atoms with Crippen molar-refractivity contribution in [2.75, 3.05) is 27.2 Å². The summed E-state index contributed by atoms with van der Waals surface area (Å²) in [5.74, 6) is -0.0624. The van der Waals surface area contributed by atoms with Gasteiger partial charge in [0.2, 0.25) is 5.91 Å². The molecule has 0 aliphatic rings. The zero-order chi connectivity index (χ0) is 19.6. The van der Waals surface area contributed by atoms with Gasteiger partial charge in [0, 0.05) is 13.1 Å². The Labute approximate surface area is 160 Å². The van der Waals surface area contributed by atoms with E-state index in [0.29, 0.717) is 24.5 Å². The Kier molecular flexibility index (Phi) is 7.82. The maximum Gasteiger partial charge on any atom is 0.255 e. The second-order valence-corrected chi connectivity index (χ2v) is 6.44. The summed E-state index contributed by atoms with van der Waals surface area (Å²) in [6.07, 6.45) is 0. The molecule has 144 valence electrons. The number of hydrogen-bond acceptors (Lipinski definition) is 4. The Morgan fingerprint density at radius 3 is 2.30 bits per heavy atom. The average Bonchev–Trinajstić information content (AvgIpc) is 2.66. The van der Waals surface area contributed by atoms with Gasteiger partial charge in [0.25, 0.3) is 5.91 Å². The lowest BCUT2D eigenvalue weighted by Gasteiger charge is -2.11. The Morgan fingerprint density at radius 2 is 1.63 bits per heavy atom. The molecule has 0 aromatic heterocycles. The van der Waals surface area contributed by atoms with E-state index in [2.05, 4.69) is 15.5 Å². The van der Waals surface area contributed by atoms with E-state index in [-0.39, 0.29) is 18.4 Å². The van der Waals surface area contributed by atoms with Gasteiger partial charge in [0.15, 0.2) is 0 Å². The molecular weight excluding hydrogens is 342 g/mol. The molecule has 0 atom stereocenters. The molecular formula is C21H27N3O3. The van der Waals surface area contributed by atoms with Crippen molar-refractivity contribution in [1.29, 1.82) is 0 Å². The van der Waals surface area contributed by atoms with Gasteiger partial charge in [-0.15, -0.1) is 0 Å². The standard InChI is InChI=1S/C21H27N3O3/c1-4-27-19-8-6-5-7-18(19)21(26)23-14-20(25)22-13-16-9-11-17(12-10-16)15-24(2)3/h5-12H,4,13-15H2,1-3H3,(H,22,25)(H,23,26). The molecule has 0 heterocycles. The molecule has 6 heteroatoms. The summed E-state index contributed by atoms with van der Waals surface area (Å²) < 4.78 is 5.44. The second kappa shape index (κ2) is 10.3. The second-order valence-electron chi connectivity index (χ2n) is 6.44. The molecule has 2 aromatic rings. The van der Waals surface area contributed by atoms with Crippen LogP contribution in [0.4, 0.5) is 0 Å². The van der Waals surface area contributed by atoms with Crippen LogP contribution >= 0.6 is 0 Å². The maximum absolute atomic E-state index is 12.3. The molecule has 0 saturated carbocycles. The van der Waals surface area contributed by atoms with Crippen LogP contribution in [0.15, 0.2) is 48.5 Å². The number of ether oxygens (including phenoxy) is 1. The predicted octanol–water partition coefficient (Wildman–Crippen LogP) is 2.19. The van der Waals surface area contributed by atoms with Gasteiger partial charge in [0.05, 0.1) is 18.7 Å². The van der Waals surface area contributed by atoms with Crippen LogP contribution in [0.3, 0.4) is 0 Å². The molecule has 0 unspecified atom stereocenters. The van der Waals surface area contributed by atoms with Crippen LogP contribution < -0.4 is 15.4 Å². The highest BCUT2D eigenvalue weighted by Gasteiger charge is 2.12. The number of carbonyl (C=O) groups excluding carboxylic acids is 2. The van der Waals surface area contributed by atoms with Crippen LogP contribution in [-0.2, 0) is 17.9 Å². The number of hydrogen-bond donors (Lipinski definition) is 2. The fraction of sp³-hybridized carbons (Fsp3) is 0.333. The number of rotatable bonds is 9. The van der Waals surface area contributed by atoms with Gasteiger partial charge in [0.1, 0.15) is 5.75 Å². The Bertz CT molecular complexity index is 758. The minimum atomic E-state index is -0.331. The quantitative estimate of drug-likeness (QED) is 0.711. The summed E-state index contributed by atoms with van der Waals surface area (Å²) in [6, 6.07) is 15.1. The van der Waals surface area contributed by atoms with Gasteiger partial charge in [-0.2, -0.15) is 0 Å². The Hall–Kier alpha value is -2.86. The van der Waals surface area contributed by atoms with Crippen molar-refractivity contribution in [3.63, 3.8) is 0 Å². The third kappa shape index (κ3) is 6.75. The fourth-order valence-electron chi connectivity index (χ4n) is 2.58. The van der Waals surface area contributed by atoms with Crippen molar-refractivity contribution < 1.29 is 14.3 Å². The SMILES string of the molecule is CCOc1ccccc1C(=O)NCC(=O)NCc1ccc(CN(C)C)cc1. The molecule has 2 rings (SSSR count). The van der Waals surface area contributed by atoms with E-state index >= 15 is 0 Å². The van der Waals surface area contributed by atoms with Crippen LogP contribution in [0.1, 0.15) is 28.4 Å².